The molecule has 0 atom stereocenters. The van der Waals surface area contributed by atoms with Gasteiger partial charge in [-0.25, -0.2) is 4.39 Å². The first-order valence-electron chi connectivity index (χ1n) is 8.53. The van der Waals surface area contributed by atoms with Crippen molar-refractivity contribution in [3.8, 4) is 0 Å². The number of carbonyl (C=O) groups is 1. The summed E-state index contributed by atoms with van der Waals surface area (Å²) in [4.78, 5) is 14.5. The van der Waals surface area contributed by atoms with Crippen LogP contribution in [0.4, 0.5) is 4.39 Å². The molecular formula is C19H28FNO. The highest BCUT2D eigenvalue weighted by Crippen LogP contribution is 2.35. The smallest absolute Gasteiger partial charge is 0.162 e. The summed E-state index contributed by atoms with van der Waals surface area (Å²) < 4.78 is 12.8. The predicted molar refractivity (Wildman–Crippen MR) is 88.7 cm³/mol. The minimum absolute atomic E-state index is 0.118. The third-order valence-corrected chi connectivity index (χ3v) is 4.96. The van der Waals surface area contributed by atoms with E-state index in [-0.39, 0.29) is 11.6 Å². The van der Waals surface area contributed by atoms with Crippen molar-refractivity contribution in [2.75, 3.05) is 19.6 Å². The second kappa shape index (κ2) is 7.87. The quantitative estimate of drug-likeness (QED) is 0.681. The maximum absolute atomic E-state index is 12.8. The summed E-state index contributed by atoms with van der Waals surface area (Å²) in [5.41, 5.74) is 1.14. The lowest BCUT2D eigenvalue weighted by atomic mass is 9.77. The Hall–Kier alpha value is -1.22. The number of nitrogens with zero attached hydrogens (tertiary/aromatic N) is 1. The number of piperidine rings is 1. The molecule has 1 aliphatic heterocycles. The van der Waals surface area contributed by atoms with Crippen LogP contribution in [0.15, 0.2) is 24.3 Å². The van der Waals surface area contributed by atoms with Crippen molar-refractivity contribution in [1.29, 1.82) is 0 Å². The summed E-state index contributed by atoms with van der Waals surface area (Å²) >= 11 is 0. The molecular weight excluding hydrogens is 277 g/mol. The van der Waals surface area contributed by atoms with Gasteiger partial charge in [0.2, 0.25) is 0 Å². The molecule has 1 saturated heterocycles. The summed E-state index contributed by atoms with van der Waals surface area (Å²) in [5, 5.41) is 0. The largest absolute Gasteiger partial charge is 0.303 e. The van der Waals surface area contributed by atoms with Gasteiger partial charge in [0, 0.05) is 12.0 Å². The summed E-state index contributed by atoms with van der Waals surface area (Å²) in [6, 6.07) is 5.86. The lowest BCUT2D eigenvalue weighted by molar-refractivity contribution is 0.0938. The van der Waals surface area contributed by atoms with Crippen LogP contribution in [-0.4, -0.2) is 30.3 Å². The van der Waals surface area contributed by atoms with E-state index in [4.69, 9.17) is 0 Å². The average molecular weight is 305 g/mol. The molecule has 1 fully saturated rings. The van der Waals surface area contributed by atoms with Crippen molar-refractivity contribution in [1.82, 2.24) is 4.90 Å². The zero-order chi connectivity index (χ0) is 16.0. The first kappa shape index (κ1) is 17.1. The molecule has 2 rings (SSSR count). The molecule has 2 nitrogen and oxygen atoms in total. The molecule has 0 bridgehead atoms. The normalized spacial score (nSPS) is 18.3. The fourth-order valence-corrected chi connectivity index (χ4v) is 3.41. The van der Waals surface area contributed by atoms with E-state index in [0.29, 0.717) is 17.4 Å². The highest BCUT2D eigenvalue weighted by molar-refractivity contribution is 5.95. The van der Waals surface area contributed by atoms with Crippen molar-refractivity contribution in [2.45, 2.75) is 52.4 Å². The highest BCUT2D eigenvalue weighted by atomic mass is 19.1. The van der Waals surface area contributed by atoms with Gasteiger partial charge < -0.3 is 4.90 Å². The summed E-state index contributed by atoms with van der Waals surface area (Å²) in [6.45, 7) is 7.97. The van der Waals surface area contributed by atoms with Crippen LogP contribution in [-0.2, 0) is 0 Å². The van der Waals surface area contributed by atoms with Gasteiger partial charge in [0.25, 0.3) is 0 Å². The van der Waals surface area contributed by atoms with E-state index in [1.807, 2.05) is 0 Å². The number of rotatable bonds is 7. The zero-order valence-corrected chi connectivity index (χ0v) is 13.9. The van der Waals surface area contributed by atoms with Crippen LogP contribution >= 0.6 is 0 Å². The Morgan fingerprint density at radius 2 is 1.86 bits per heavy atom. The van der Waals surface area contributed by atoms with Crippen LogP contribution in [0.2, 0.25) is 0 Å². The molecule has 3 heteroatoms. The van der Waals surface area contributed by atoms with Gasteiger partial charge in [-0.3, -0.25) is 4.79 Å². The van der Waals surface area contributed by atoms with Crippen molar-refractivity contribution in [3.05, 3.63) is 35.6 Å². The maximum Gasteiger partial charge on any atom is 0.162 e. The molecule has 0 amide bonds. The minimum Gasteiger partial charge on any atom is -0.303 e. The molecule has 1 aromatic rings. The van der Waals surface area contributed by atoms with Crippen molar-refractivity contribution in [3.63, 3.8) is 0 Å². The van der Waals surface area contributed by atoms with Crippen molar-refractivity contribution >= 4 is 5.78 Å². The van der Waals surface area contributed by atoms with Crippen LogP contribution in [0, 0.1) is 11.2 Å². The fourth-order valence-electron chi connectivity index (χ4n) is 3.41. The topological polar surface area (TPSA) is 20.3 Å². The number of likely N-dealkylation sites (tertiary alicyclic amines) is 1. The molecule has 0 unspecified atom stereocenters. The summed E-state index contributed by atoms with van der Waals surface area (Å²) in [5.74, 6) is -0.173. The Bertz CT molecular complexity index is 475. The van der Waals surface area contributed by atoms with Gasteiger partial charge in [0.15, 0.2) is 5.78 Å². The molecule has 0 aromatic heterocycles. The van der Waals surface area contributed by atoms with Gasteiger partial charge in [-0.15, -0.1) is 0 Å². The van der Waals surface area contributed by atoms with Crippen molar-refractivity contribution in [2.24, 2.45) is 5.41 Å². The number of ketones is 1. The van der Waals surface area contributed by atoms with Gasteiger partial charge in [0.1, 0.15) is 5.82 Å². The molecule has 0 spiro atoms. The lowest BCUT2D eigenvalue weighted by Gasteiger charge is -2.39. The standard InChI is InChI=1S/C19H28FNO/c1-3-10-19(2)11-14-21(15-12-19)13-4-5-18(22)16-6-8-17(20)9-7-16/h6-9H,3-5,10-15H2,1-2H3. The van der Waals surface area contributed by atoms with E-state index in [1.54, 1.807) is 12.1 Å². The molecule has 0 saturated carbocycles. The molecule has 22 heavy (non-hydrogen) atoms. The van der Waals surface area contributed by atoms with Gasteiger partial charge in [-0.1, -0.05) is 20.3 Å². The number of halogens is 1. The number of carbonyl (C=O) groups excluding carboxylic acids is 1. The van der Waals surface area contributed by atoms with Crippen molar-refractivity contribution < 1.29 is 9.18 Å². The molecule has 0 N–H and O–H groups in total. The molecule has 1 aromatic carbocycles. The SMILES string of the molecule is CCCC1(C)CCN(CCCC(=O)c2ccc(F)cc2)CC1. The Labute approximate surface area is 133 Å². The van der Waals surface area contributed by atoms with Gasteiger partial charge in [0.05, 0.1) is 0 Å². The fraction of sp³-hybridized carbons (Fsp3) is 0.632. The van der Waals surface area contributed by atoms with Gasteiger partial charge in [-0.2, -0.15) is 0 Å². The third-order valence-electron chi connectivity index (χ3n) is 4.96. The number of hydrogen-bond donors (Lipinski definition) is 0. The molecule has 0 radical (unpaired) electrons. The maximum atomic E-state index is 12.8. The monoisotopic (exact) mass is 305 g/mol. The Morgan fingerprint density at radius 3 is 2.45 bits per heavy atom. The van der Waals surface area contributed by atoms with E-state index >= 15 is 0 Å². The Balaban J connectivity index is 1.69. The zero-order valence-electron chi connectivity index (χ0n) is 13.9. The third kappa shape index (κ3) is 4.91. The minimum atomic E-state index is -0.292. The predicted octanol–water partition coefficient (Wildman–Crippen LogP) is 4.69. The second-order valence-electron chi connectivity index (χ2n) is 6.94. The molecule has 1 aliphatic rings. The molecule has 1 heterocycles. The van der Waals surface area contributed by atoms with Gasteiger partial charge in [-0.05, 0) is 75.0 Å². The Kier molecular flexibility index (Phi) is 6.13. The average Bonchev–Trinajstić information content (AvgIpc) is 2.50. The highest BCUT2D eigenvalue weighted by Gasteiger charge is 2.28. The molecule has 0 aliphatic carbocycles. The molecule has 122 valence electrons. The van der Waals surface area contributed by atoms with Crippen LogP contribution in [0.5, 0.6) is 0 Å². The van der Waals surface area contributed by atoms with E-state index in [0.717, 1.165) is 26.1 Å². The number of hydrogen-bond acceptors (Lipinski definition) is 2. The van der Waals surface area contributed by atoms with E-state index in [9.17, 15) is 9.18 Å². The van der Waals surface area contributed by atoms with E-state index in [2.05, 4.69) is 18.7 Å². The number of Topliss-reactive ketones (excluding diaryl/α,β-unsaturated/α-hetero) is 1. The summed E-state index contributed by atoms with van der Waals surface area (Å²) in [7, 11) is 0. The summed E-state index contributed by atoms with van der Waals surface area (Å²) in [6.07, 6.45) is 6.57. The lowest BCUT2D eigenvalue weighted by Crippen LogP contribution is -2.39. The van der Waals surface area contributed by atoms with Crippen LogP contribution in [0.25, 0.3) is 0 Å². The van der Waals surface area contributed by atoms with Crippen LogP contribution in [0.3, 0.4) is 0 Å². The second-order valence-corrected chi connectivity index (χ2v) is 6.94. The Morgan fingerprint density at radius 1 is 1.23 bits per heavy atom. The first-order valence-corrected chi connectivity index (χ1v) is 8.53. The van der Waals surface area contributed by atoms with E-state index in [1.165, 1.54) is 37.8 Å². The first-order chi connectivity index (χ1) is 10.5. The number of benzene rings is 1. The van der Waals surface area contributed by atoms with E-state index < -0.39 is 0 Å². The van der Waals surface area contributed by atoms with Crippen LogP contribution < -0.4 is 0 Å². The van der Waals surface area contributed by atoms with Crippen LogP contribution in [0.1, 0.15) is 62.7 Å². The van der Waals surface area contributed by atoms with Gasteiger partial charge >= 0.3 is 0 Å².